The van der Waals surface area contributed by atoms with Crippen LogP contribution in [0.1, 0.15) is 35.0 Å². The molecule has 0 unspecified atom stereocenters. The largest absolute Gasteiger partial charge is 0.311 e. The Morgan fingerprint density at radius 2 is 2.10 bits per heavy atom. The Labute approximate surface area is 119 Å². The van der Waals surface area contributed by atoms with E-state index in [1.54, 1.807) is 0 Å². The van der Waals surface area contributed by atoms with Gasteiger partial charge in [0, 0.05) is 18.4 Å². The Morgan fingerprint density at radius 3 is 2.85 bits per heavy atom. The molecule has 4 nitrogen and oxygen atoms in total. The summed E-state index contributed by atoms with van der Waals surface area (Å²) >= 11 is 0. The third-order valence-corrected chi connectivity index (χ3v) is 3.78. The molecule has 0 saturated carbocycles. The predicted octanol–water partition coefficient (Wildman–Crippen LogP) is 2.36. The van der Waals surface area contributed by atoms with Gasteiger partial charge in [0.05, 0.1) is 5.69 Å². The van der Waals surface area contributed by atoms with Gasteiger partial charge in [-0.2, -0.15) is 0 Å². The van der Waals surface area contributed by atoms with E-state index in [9.17, 15) is 0 Å². The normalized spacial score (nSPS) is 14.2. The van der Waals surface area contributed by atoms with Crippen molar-refractivity contribution in [2.45, 2.75) is 40.2 Å². The van der Waals surface area contributed by atoms with Crippen LogP contribution in [0.3, 0.4) is 0 Å². The van der Waals surface area contributed by atoms with Gasteiger partial charge in [-0.25, -0.2) is 9.97 Å². The Morgan fingerprint density at radius 1 is 1.25 bits per heavy atom. The van der Waals surface area contributed by atoms with Crippen LogP contribution < -0.4 is 5.32 Å². The van der Waals surface area contributed by atoms with Crippen molar-refractivity contribution in [2.24, 2.45) is 0 Å². The molecule has 2 aromatic heterocycles. The maximum absolute atomic E-state index is 4.76. The third-order valence-electron chi connectivity index (χ3n) is 3.78. The van der Waals surface area contributed by atoms with Crippen molar-refractivity contribution in [1.29, 1.82) is 0 Å². The van der Waals surface area contributed by atoms with Gasteiger partial charge in [0.1, 0.15) is 5.69 Å². The minimum atomic E-state index is 0.766. The highest BCUT2D eigenvalue weighted by atomic mass is 15.0. The summed E-state index contributed by atoms with van der Waals surface area (Å²) in [6.07, 6.45) is 3.86. The highest BCUT2D eigenvalue weighted by Crippen LogP contribution is 2.23. The highest BCUT2D eigenvalue weighted by Gasteiger charge is 2.18. The molecule has 3 rings (SSSR count). The molecule has 3 heterocycles. The minimum absolute atomic E-state index is 0.766. The van der Waals surface area contributed by atoms with E-state index in [0.717, 1.165) is 48.7 Å². The molecule has 20 heavy (non-hydrogen) atoms. The molecule has 4 heteroatoms. The first-order valence-electron chi connectivity index (χ1n) is 7.22. The fraction of sp³-hybridized carbons (Fsp3) is 0.438. The van der Waals surface area contributed by atoms with Crippen LogP contribution in [0.15, 0.2) is 12.3 Å². The van der Waals surface area contributed by atoms with E-state index in [-0.39, 0.29) is 0 Å². The van der Waals surface area contributed by atoms with Gasteiger partial charge >= 0.3 is 0 Å². The molecule has 0 aliphatic carbocycles. The predicted molar refractivity (Wildman–Crippen MR) is 79.5 cm³/mol. The van der Waals surface area contributed by atoms with Crippen LogP contribution in [0.4, 0.5) is 0 Å². The molecule has 0 amide bonds. The van der Waals surface area contributed by atoms with Crippen molar-refractivity contribution >= 4 is 0 Å². The summed E-state index contributed by atoms with van der Waals surface area (Å²) in [6, 6.07) is 2.13. The van der Waals surface area contributed by atoms with Crippen LogP contribution in [0.2, 0.25) is 0 Å². The van der Waals surface area contributed by atoms with Crippen molar-refractivity contribution in [3.63, 3.8) is 0 Å². The van der Waals surface area contributed by atoms with Crippen LogP contribution in [-0.2, 0) is 19.4 Å². The summed E-state index contributed by atoms with van der Waals surface area (Å²) in [4.78, 5) is 14.0. The molecule has 0 aromatic carbocycles. The van der Waals surface area contributed by atoms with Crippen LogP contribution in [-0.4, -0.2) is 21.5 Å². The molecule has 0 atom stereocenters. The van der Waals surface area contributed by atoms with E-state index < -0.39 is 0 Å². The molecular weight excluding hydrogens is 248 g/mol. The fourth-order valence-corrected chi connectivity index (χ4v) is 2.78. The maximum atomic E-state index is 4.76. The van der Waals surface area contributed by atoms with Gasteiger partial charge in [0.25, 0.3) is 0 Å². The number of fused-ring (bicyclic) bond motifs is 1. The Balaban J connectivity index is 2.14. The van der Waals surface area contributed by atoms with E-state index in [1.165, 1.54) is 16.8 Å². The average Bonchev–Trinajstić information content (AvgIpc) is 2.46. The van der Waals surface area contributed by atoms with E-state index in [1.807, 2.05) is 6.20 Å². The Kier molecular flexibility index (Phi) is 3.49. The van der Waals surface area contributed by atoms with Crippen molar-refractivity contribution < 1.29 is 0 Å². The van der Waals surface area contributed by atoms with Gasteiger partial charge in [0.2, 0.25) is 0 Å². The van der Waals surface area contributed by atoms with Gasteiger partial charge in [-0.05, 0) is 49.9 Å². The molecular formula is C16H20N4. The molecule has 0 bridgehead atoms. The number of aryl methyl sites for hydroxylation is 3. The molecule has 1 N–H and O–H groups in total. The van der Waals surface area contributed by atoms with Crippen molar-refractivity contribution in [2.75, 3.05) is 6.54 Å². The molecule has 0 saturated heterocycles. The summed E-state index contributed by atoms with van der Waals surface area (Å²) in [5, 5.41) is 3.38. The second-order valence-electron chi connectivity index (χ2n) is 5.38. The first-order chi connectivity index (χ1) is 9.69. The summed E-state index contributed by atoms with van der Waals surface area (Å²) < 4.78 is 0. The molecule has 0 radical (unpaired) electrons. The number of hydrogen-bond donors (Lipinski definition) is 1. The highest BCUT2D eigenvalue weighted by molar-refractivity contribution is 5.56. The van der Waals surface area contributed by atoms with Gasteiger partial charge in [0.15, 0.2) is 5.82 Å². The number of pyridine rings is 1. The van der Waals surface area contributed by atoms with Crippen LogP contribution >= 0.6 is 0 Å². The lowest BCUT2D eigenvalue weighted by molar-refractivity contribution is 0.616. The molecule has 0 spiro atoms. The van der Waals surface area contributed by atoms with E-state index in [4.69, 9.17) is 9.97 Å². The smallest absolute Gasteiger partial charge is 0.178 e. The molecule has 1 aliphatic heterocycles. The van der Waals surface area contributed by atoms with E-state index in [0.29, 0.717) is 0 Å². The number of aromatic nitrogens is 3. The molecule has 2 aromatic rings. The number of nitrogens with zero attached hydrogens (tertiary/aromatic N) is 3. The number of hydrogen-bond acceptors (Lipinski definition) is 4. The Bertz CT molecular complexity index is 632. The van der Waals surface area contributed by atoms with Crippen molar-refractivity contribution in [3.8, 4) is 11.5 Å². The second kappa shape index (κ2) is 5.29. The summed E-state index contributed by atoms with van der Waals surface area (Å²) in [7, 11) is 0. The van der Waals surface area contributed by atoms with Gasteiger partial charge in [-0.3, -0.25) is 4.98 Å². The number of nitrogens with one attached hydrogen (secondary N) is 1. The second-order valence-corrected chi connectivity index (χ2v) is 5.38. The fourth-order valence-electron chi connectivity index (χ4n) is 2.78. The lowest BCUT2D eigenvalue weighted by Crippen LogP contribution is -2.26. The lowest BCUT2D eigenvalue weighted by Gasteiger charge is -2.19. The zero-order valence-corrected chi connectivity index (χ0v) is 12.3. The Hall–Kier alpha value is -1.81. The van der Waals surface area contributed by atoms with E-state index >= 15 is 0 Å². The first kappa shape index (κ1) is 13.2. The monoisotopic (exact) mass is 268 g/mol. The van der Waals surface area contributed by atoms with Crippen LogP contribution in [0, 0.1) is 13.8 Å². The molecule has 0 fully saturated rings. The topological polar surface area (TPSA) is 50.7 Å². The first-order valence-corrected chi connectivity index (χ1v) is 7.22. The zero-order chi connectivity index (χ0) is 14.1. The SMILES string of the molecule is CCc1nc(-c2ncc(C)cc2C)nc2c1CCNC2. The zero-order valence-electron chi connectivity index (χ0n) is 12.3. The third kappa shape index (κ3) is 2.31. The standard InChI is InChI=1S/C16H20N4/c1-4-13-12-5-6-17-9-14(12)20-16(19-13)15-11(3)7-10(2)8-18-15/h7-8,17H,4-6,9H2,1-3H3. The van der Waals surface area contributed by atoms with Gasteiger partial charge < -0.3 is 5.32 Å². The van der Waals surface area contributed by atoms with Crippen molar-refractivity contribution in [3.05, 3.63) is 40.3 Å². The maximum Gasteiger partial charge on any atom is 0.178 e. The number of rotatable bonds is 2. The summed E-state index contributed by atoms with van der Waals surface area (Å²) in [5.74, 6) is 0.766. The van der Waals surface area contributed by atoms with Gasteiger partial charge in [-0.1, -0.05) is 13.0 Å². The molecule has 1 aliphatic rings. The van der Waals surface area contributed by atoms with Gasteiger partial charge in [-0.15, -0.1) is 0 Å². The van der Waals surface area contributed by atoms with Crippen LogP contribution in [0.25, 0.3) is 11.5 Å². The quantitative estimate of drug-likeness (QED) is 0.908. The van der Waals surface area contributed by atoms with E-state index in [2.05, 4.69) is 37.1 Å². The molecule has 104 valence electrons. The summed E-state index contributed by atoms with van der Waals surface area (Å²) in [6.45, 7) is 8.14. The minimum Gasteiger partial charge on any atom is -0.311 e. The lowest BCUT2D eigenvalue weighted by atomic mass is 10.0. The van der Waals surface area contributed by atoms with Crippen molar-refractivity contribution in [1.82, 2.24) is 20.3 Å². The summed E-state index contributed by atoms with van der Waals surface area (Å²) in [5.41, 5.74) is 6.85. The van der Waals surface area contributed by atoms with Crippen LogP contribution in [0.5, 0.6) is 0 Å². The average molecular weight is 268 g/mol.